The molecular weight excluding hydrogens is 222 g/mol. The van der Waals surface area contributed by atoms with Crippen molar-refractivity contribution in [2.24, 2.45) is 0 Å². The van der Waals surface area contributed by atoms with Crippen LogP contribution in [0.25, 0.3) is 0 Å². The van der Waals surface area contributed by atoms with Crippen molar-refractivity contribution < 1.29 is 14.3 Å². The van der Waals surface area contributed by atoms with E-state index in [-0.39, 0.29) is 12.5 Å². The minimum atomic E-state index is -0.829. The number of carboxylic acid groups (broad SMARTS) is 1. The number of hydrogen-bond donors (Lipinski definition) is 1. The summed E-state index contributed by atoms with van der Waals surface area (Å²) in [6, 6.07) is 11.2. The van der Waals surface area contributed by atoms with Crippen LogP contribution in [-0.4, -0.2) is 21.6 Å². The molecule has 0 aliphatic carbocycles. The fourth-order valence-corrected chi connectivity index (χ4v) is 1.60. The second kappa shape index (κ2) is 8.65. The second-order valence-corrected chi connectivity index (χ2v) is 3.43. The molecule has 0 heterocycles. The predicted octanol–water partition coefficient (Wildman–Crippen LogP) is 1.03. The van der Waals surface area contributed by atoms with E-state index in [4.69, 9.17) is 14.8 Å². The van der Waals surface area contributed by atoms with Crippen molar-refractivity contribution in [3.63, 3.8) is 0 Å². The molecule has 1 aromatic carbocycles. The first kappa shape index (κ1) is 14.4. The summed E-state index contributed by atoms with van der Waals surface area (Å²) in [5.41, 5.74) is 0.930. The minimum absolute atomic E-state index is 0.0352. The first-order valence-electron chi connectivity index (χ1n) is 4.76. The van der Waals surface area contributed by atoms with Crippen molar-refractivity contribution in [3.8, 4) is 6.07 Å². The number of carboxylic acids is 1. The van der Waals surface area contributed by atoms with Crippen LogP contribution >= 0.6 is 0 Å². The molecule has 0 amide bonds. The zero-order chi connectivity index (χ0) is 12.4. The van der Waals surface area contributed by atoms with E-state index in [1.165, 1.54) is 6.92 Å². The third-order valence-corrected chi connectivity index (χ3v) is 2.38. The van der Waals surface area contributed by atoms with E-state index >= 15 is 0 Å². The SMILES string of the molecule is CC#N.O=C(O)CC(O[SiH3])c1ccccc1. The number of rotatable bonds is 4. The van der Waals surface area contributed by atoms with Gasteiger partial charge in [-0.05, 0) is 5.56 Å². The second-order valence-electron chi connectivity index (χ2n) is 2.96. The Morgan fingerprint density at radius 2 is 2.06 bits per heavy atom. The zero-order valence-electron chi connectivity index (χ0n) is 9.38. The number of nitrogens with zero attached hydrogens (tertiary/aromatic N) is 1. The van der Waals surface area contributed by atoms with Crippen molar-refractivity contribution in [1.29, 1.82) is 5.26 Å². The Kier molecular flexibility index (Phi) is 7.76. The number of nitriles is 1. The first-order valence-corrected chi connectivity index (χ1v) is 5.57. The van der Waals surface area contributed by atoms with Gasteiger partial charge in [0.15, 0.2) is 0 Å². The molecule has 1 rings (SSSR count). The number of benzene rings is 1. The lowest BCUT2D eigenvalue weighted by Gasteiger charge is -2.13. The fraction of sp³-hybridized carbons (Fsp3) is 0.273. The van der Waals surface area contributed by atoms with Gasteiger partial charge in [-0.15, -0.1) is 0 Å². The molecule has 4 nitrogen and oxygen atoms in total. The Labute approximate surface area is 98.0 Å². The fourth-order valence-electron chi connectivity index (χ4n) is 1.16. The van der Waals surface area contributed by atoms with Crippen molar-refractivity contribution in [2.45, 2.75) is 19.4 Å². The summed E-state index contributed by atoms with van der Waals surface area (Å²) in [6.45, 7) is 1.43. The van der Waals surface area contributed by atoms with Crippen LogP contribution in [0, 0.1) is 11.3 Å². The van der Waals surface area contributed by atoms with E-state index < -0.39 is 5.97 Å². The Morgan fingerprint density at radius 1 is 1.56 bits per heavy atom. The summed E-state index contributed by atoms with van der Waals surface area (Å²) < 4.78 is 5.21. The van der Waals surface area contributed by atoms with E-state index in [1.807, 2.05) is 30.3 Å². The Balaban J connectivity index is 0.000000673. The summed E-state index contributed by atoms with van der Waals surface area (Å²) in [7, 11) is 0.549. The van der Waals surface area contributed by atoms with E-state index in [9.17, 15) is 4.79 Å². The monoisotopic (exact) mass is 237 g/mol. The quantitative estimate of drug-likeness (QED) is 0.794. The summed E-state index contributed by atoms with van der Waals surface area (Å²) >= 11 is 0. The van der Waals surface area contributed by atoms with Gasteiger partial charge in [0.05, 0.1) is 18.6 Å². The topological polar surface area (TPSA) is 70.3 Å². The van der Waals surface area contributed by atoms with E-state index in [1.54, 1.807) is 6.07 Å². The molecule has 16 heavy (non-hydrogen) atoms. The van der Waals surface area contributed by atoms with Gasteiger partial charge in [0.25, 0.3) is 0 Å². The lowest BCUT2D eigenvalue weighted by Crippen LogP contribution is -2.08. The van der Waals surface area contributed by atoms with E-state index in [2.05, 4.69) is 0 Å². The standard InChI is InChI=1S/C9H12O3Si.C2H3N/c10-9(11)6-8(12-13)7-4-2-1-3-5-7;1-2-3/h1-5,8H,6H2,13H3,(H,10,11);1H3. The highest BCUT2D eigenvalue weighted by molar-refractivity contribution is 5.98. The first-order chi connectivity index (χ1) is 7.65. The molecule has 1 aromatic rings. The average Bonchev–Trinajstić information content (AvgIpc) is 2.28. The lowest BCUT2D eigenvalue weighted by molar-refractivity contribution is -0.138. The highest BCUT2D eigenvalue weighted by Gasteiger charge is 2.12. The summed E-state index contributed by atoms with van der Waals surface area (Å²) in [4.78, 5) is 10.5. The van der Waals surface area contributed by atoms with Gasteiger partial charge in [0, 0.05) is 6.92 Å². The molecule has 1 atom stereocenters. The van der Waals surface area contributed by atoms with Crippen LogP contribution in [0.5, 0.6) is 0 Å². The molecule has 0 bridgehead atoms. The Hall–Kier alpha value is -1.64. The molecule has 0 saturated heterocycles. The van der Waals surface area contributed by atoms with Crippen LogP contribution in [0.3, 0.4) is 0 Å². The maximum Gasteiger partial charge on any atom is 0.306 e. The van der Waals surface area contributed by atoms with Crippen molar-refractivity contribution >= 4 is 16.5 Å². The molecule has 0 saturated carbocycles. The summed E-state index contributed by atoms with van der Waals surface area (Å²) in [5, 5.41) is 15.9. The molecule has 0 aliphatic heterocycles. The lowest BCUT2D eigenvalue weighted by atomic mass is 10.1. The highest BCUT2D eigenvalue weighted by atomic mass is 28.2. The Morgan fingerprint density at radius 3 is 2.44 bits per heavy atom. The zero-order valence-corrected chi connectivity index (χ0v) is 11.4. The van der Waals surface area contributed by atoms with Crippen LogP contribution < -0.4 is 0 Å². The van der Waals surface area contributed by atoms with Crippen molar-refractivity contribution in [1.82, 2.24) is 0 Å². The highest BCUT2D eigenvalue weighted by Crippen LogP contribution is 2.19. The Bertz CT molecular complexity index is 348. The van der Waals surface area contributed by atoms with Gasteiger partial charge in [-0.1, -0.05) is 30.3 Å². The van der Waals surface area contributed by atoms with Gasteiger partial charge in [-0.3, -0.25) is 4.79 Å². The normalized spacial score (nSPS) is 10.8. The van der Waals surface area contributed by atoms with Gasteiger partial charge < -0.3 is 9.53 Å². The molecule has 0 fully saturated rings. The number of carbonyl (C=O) groups is 1. The van der Waals surface area contributed by atoms with Gasteiger partial charge in [0.2, 0.25) is 0 Å². The molecule has 0 spiro atoms. The van der Waals surface area contributed by atoms with Crippen LogP contribution in [-0.2, 0) is 9.22 Å². The predicted molar refractivity (Wildman–Crippen MR) is 63.7 cm³/mol. The molecule has 0 aromatic heterocycles. The van der Waals surface area contributed by atoms with E-state index in [0.717, 1.165) is 5.56 Å². The maximum absolute atomic E-state index is 10.5. The average molecular weight is 237 g/mol. The maximum atomic E-state index is 10.5. The molecule has 0 radical (unpaired) electrons. The molecule has 1 N–H and O–H groups in total. The molecule has 0 aliphatic rings. The number of hydrogen-bond acceptors (Lipinski definition) is 3. The molecular formula is C11H15NO3Si. The van der Waals surface area contributed by atoms with Gasteiger partial charge >= 0.3 is 5.97 Å². The molecule has 86 valence electrons. The summed E-state index contributed by atoms with van der Waals surface area (Å²) in [6.07, 6.45) is -0.251. The molecule has 1 unspecified atom stereocenters. The van der Waals surface area contributed by atoms with Crippen LogP contribution in [0.2, 0.25) is 0 Å². The van der Waals surface area contributed by atoms with Gasteiger partial charge in [0.1, 0.15) is 10.5 Å². The van der Waals surface area contributed by atoms with E-state index in [0.29, 0.717) is 10.5 Å². The molecule has 5 heteroatoms. The van der Waals surface area contributed by atoms with Gasteiger partial charge in [-0.2, -0.15) is 5.26 Å². The largest absolute Gasteiger partial charge is 0.481 e. The van der Waals surface area contributed by atoms with Crippen molar-refractivity contribution in [2.75, 3.05) is 0 Å². The van der Waals surface area contributed by atoms with Crippen LogP contribution in [0.1, 0.15) is 25.0 Å². The summed E-state index contributed by atoms with van der Waals surface area (Å²) in [5.74, 6) is -0.829. The minimum Gasteiger partial charge on any atom is -0.481 e. The third kappa shape index (κ3) is 5.96. The third-order valence-electron chi connectivity index (χ3n) is 1.82. The van der Waals surface area contributed by atoms with Crippen LogP contribution in [0.15, 0.2) is 30.3 Å². The smallest absolute Gasteiger partial charge is 0.306 e. The van der Waals surface area contributed by atoms with Crippen LogP contribution in [0.4, 0.5) is 0 Å². The van der Waals surface area contributed by atoms with Gasteiger partial charge in [-0.25, -0.2) is 0 Å². The van der Waals surface area contributed by atoms with Crippen molar-refractivity contribution in [3.05, 3.63) is 35.9 Å². The number of aliphatic carboxylic acids is 1.